The van der Waals surface area contributed by atoms with Crippen molar-refractivity contribution in [3.8, 4) is 0 Å². The summed E-state index contributed by atoms with van der Waals surface area (Å²) >= 11 is 0. The Labute approximate surface area is 107 Å². The maximum Gasteiger partial charge on any atom is 0.337 e. The third-order valence-electron chi connectivity index (χ3n) is 3.95. The van der Waals surface area contributed by atoms with E-state index in [0.29, 0.717) is 11.3 Å². The van der Waals surface area contributed by atoms with Crippen molar-refractivity contribution in [3.63, 3.8) is 0 Å². The number of aromatic carboxylic acids is 1. The number of carboxylic acids is 1. The van der Waals surface area contributed by atoms with Crippen molar-refractivity contribution >= 4 is 11.7 Å². The lowest BCUT2D eigenvalue weighted by Crippen LogP contribution is -2.57. The third kappa shape index (κ3) is 2.08. The topological polar surface area (TPSA) is 58.6 Å². The van der Waals surface area contributed by atoms with E-state index in [9.17, 15) is 4.79 Å². The molecule has 98 valence electrons. The first-order chi connectivity index (χ1) is 8.46. The molecule has 0 aromatic heterocycles. The molecule has 1 fully saturated rings. The first-order valence-corrected chi connectivity index (χ1v) is 6.08. The van der Waals surface area contributed by atoms with Crippen molar-refractivity contribution < 1.29 is 14.6 Å². The van der Waals surface area contributed by atoms with Crippen LogP contribution in [0.2, 0.25) is 0 Å². The van der Waals surface area contributed by atoms with Crippen molar-refractivity contribution in [2.24, 2.45) is 5.41 Å². The lowest BCUT2D eigenvalue weighted by molar-refractivity contribution is -0.0794. The van der Waals surface area contributed by atoms with E-state index < -0.39 is 5.97 Å². The molecule has 2 rings (SSSR count). The van der Waals surface area contributed by atoms with Gasteiger partial charge < -0.3 is 15.2 Å². The van der Waals surface area contributed by atoms with Crippen LogP contribution in [-0.2, 0) is 4.74 Å². The van der Waals surface area contributed by atoms with Gasteiger partial charge in [0, 0.05) is 24.3 Å². The van der Waals surface area contributed by atoms with Crippen molar-refractivity contribution in [1.82, 2.24) is 0 Å². The van der Waals surface area contributed by atoms with Crippen LogP contribution < -0.4 is 5.32 Å². The highest BCUT2D eigenvalue weighted by atomic mass is 16.5. The molecule has 1 saturated carbocycles. The highest BCUT2D eigenvalue weighted by Crippen LogP contribution is 2.44. The minimum atomic E-state index is -0.904. The number of methoxy groups -OCH3 is 1. The molecular weight excluding hydrogens is 230 g/mol. The zero-order valence-corrected chi connectivity index (χ0v) is 10.9. The van der Waals surface area contributed by atoms with E-state index in [2.05, 4.69) is 19.2 Å². The highest BCUT2D eigenvalue weighted by molar-refractivity contribution is 5.94. The average molecular weight is 249 g/mol. The molecule has 1 aromatic carbocycles. The number of carboxylic acid groups (broad SMARTS) is 1. The molecule has 1 aliphatic rings. The normalized spacial score (nSPS) is 25.3. The van der Waals surface area contributed by atoms with Gasteiger partial charge >= 0.3 is 5.97 Å². The Morgan fingerprint density at radius 3 is 2.67 bits per heavy atom. The molecular formula is C14H19NO3. The van der Waals surface area contributed by atoms with Crippen LogP contribution >= 0.6 is 0 Å². The summed E-state index contributed by atoms with van der Waals surface area (Å²) in [6, 6.07) is 7.24. The van der Waals surface area contributed by atoms with Crippen LogP contribution in [0.1, 0.15) is 30.6 Å². The Kier molecular flexibility index (Phi) is 3.30. The maximum absolute atomic E-state index is 11.1. The molecule has 1 aliphatic carbocycles. The van der Waals surface area contributed by atoms with Crippen molar-refractivity contribution in [3.05, 3.63) is 29.8 Å². The molecule has 0 bridgehead atoms. The van der Waals surface area contributed by atoms with Gasteiger partial charge in [0.15, 0.2) is 0 Å². The van der Waals surface area contributed by atoms with Crippen molar-refractivity contribution in [1.29, 1.82) is 0 Å². The predicted molar refractivity (Wildman–Crippen MR) is 70.0 cm³/mol. The molecule has 4 nitrogen and oxygen atoms in total. The van der Waals surface area contributed by atoms with Crippen LogP contribution in [0, 0.1) is 5.41 Å². The van der Waals surface area contributed by atoms with Crippen LogP contribution in [0.25, 0.3) is 0 Å². The summed E-state index contributed by atoms with van der Waals surface area (Å²) in [6.45, 7) is 4.26. The Morgan fingerprint density at radius 1 is 1.44 bits per heavy atom. The molecule has 2 unspecified atom stereocenters. The number of nitrogens with one attached hydrogen (secondary N) is 1. The van der Waals surface area contributed by atoms with Gasteiger partial charge in [0.25, 0.3) is 0 Å². The summed E-state index contributed by atoms with van der Waals surface area (Å²) in [5.74, 6) is -0.904. The number of hydrogen-bond donors (Lipinski definition) is 2. The number of anilines is 1. The molecule has 0 heterocycles. The monoisotopic (exact) mass is 249 g/mol. The lowest BCUT2D eigenvalue weighted by atomic mass is 9.64. The smallest absolute Gasteiger partial charge is 0.337 e. The van der Waals surface area contributed by atoms with Gasteiger partial charge in [-0.2, -0.15) is 0 Å². The molecule has 0 amide bonds. The minimum absolute atomic E-state index is 0.0143. The van der Waals surface area contributed by atoms with Gasteiger partial charge in [-0.3, -0.25) is 0 Å². The molecule has 1 aromatic rings. The van der Waals surface area contributed by atoms with Gasteiger partial charge in [0.2, 0.25) is 0 Å². The Hall–Kier alpha value is -1.55. The maximum atomic E-state index is 11.1. The van der Waals surface area contributed by atoms with E-state index in [1.54, 1.807) is 25.3 Å². The van der Waals surface area contributed by atoms with Gasteiger partial charge in [0.1, 0.15) is 0 Å². The zero-order chi connectivity index (χ0) is 13.3. The lowest BCUT2D eigenvalue weighted by Gasteiger charge is -2.51. The van der Waals surface area contributed by atoms with E-state index in [-0.39, 0.29) is 17.6 Å². The molecule has 0 spiro atoms. The highest BCUT2D eigenvalue weighted by Gasteiger charge is 2.48. The van der Waals surface area contributed by atoms with E-state index >= 15 is 0 Å². The predicted octanol–water partition coefficient (Wildman–Crippen LogP) is 2.61. The van der Waals surface area contributed by atoms with E-state index in [0.717, 1.165) is 6.42 Å². The molecule has 0 radical (unpaired) electrons. The number of benzene rings is 1. The second-order valence-corrected chi connectivity index (χ2v) is 5.33. The van der Waals surface area contributed by atoms with Gasteiger partial charge in [-0.15, -0.1) is 0 Å². The summed E-state index contributed by atoms with van der Waals surface area (Å²) in [6.07, 6.45) is 1.13. The van der Waals surface area contributed by atoms with Crippen LogP contribution in [0.5, 0.6) is 0 Å². The first kappa shape index (κ1) is 12.9. The number of rotatable bonds is 4. The summed E-state index contributed by atoms with van der Waals surface area (Å²) in [4.78, 5) is 11.1. The van der Waals surface area contributed by atoms with Crippen LogP contribution in [0.4, 0.5) is 5.69 Å². The molecule has 0 aliphatic heterocycles. The summed E-state index contributed by atoms with van der Waals surface area (Å²) in [7, 11) is 1.72. The Bertz CT molecular complexity index is 456. The first-order valence-electron chi connectivity index (χ1n) is 6.08. The molecule has 18 heavy (non-hydrogen) atoms. The van der Waals surface area contributed by atoms with Crippen LogP contribution in [0.3, 0.4) is 0 Å². The second-order valence-electron chi connectivity index (χ2n) is 5.33. The molecule has 0 saturated heterocycles. The van der Waals surface area contributed by atoms with Crippen LogP contribution in [0.15, 0.2) is 24.3 Å². The van der Waals surface area contributed by atoms with Crippen molar-refractivity contribution in [2.75, 3.05) is 12.4 Å². The minimum Gasteiger partial charge on any atom is -0.478 e. The van der Waals surface area contributed by atoms with E-state index in [1.165, 1.54) is 0 Å². The molecule has 2 N–H and O–H groups in total. The van der Waals surface area contributed by atoms with E-state index in [4.69, 9.17) is 9.84 Å². The number of hydrogen-bond acceptors (Lipinski definition) is 3. The van der Waals surface area contributed by atoms with Crippen LogP contribution in [-0.4, -0.2) is 30.3 Å². The Morgan fingerprint density at radius 2 is 2.11 bits per heavy atom. The number of carbonyl (C=O) groups is 1. The fourth-order valence-corrected chi connectivity index (χ4v) is 2.51. The fourth-order valence-electron chi connectivity index (χ4n) is 2.51. The average Bonchev–Trinajstić information content (AvgIpc) is 2.34. The summed E-state index contributed by atoms with van der Waals surface area (Å²) in [5, 5.41) is 12.5. The Balaban J connectivity index is 2.14. The van der Waals surface area contributed by atoms with Gasteiger partial charge in [0.05, 0.1) is 11.7 Å². The number of para-hydroxylation sites is 1. The standard InChI is InChI=1S/C14H19NO3/c1-14(2)11(8-12(14)18-3)15-10-7-5-4-6-9(10)13(16)17/h4-7,11-12,15H,8H2,1-3H3,(H,16,17). The van der Waals surface area contributed by atoms with Crippen molar-refractivity contribution in [2.45, 2.75) is 32.4 Å². The SMILES string of the molecule is COC1CC(Nc2ccccc2C(=O)O)C1(C)C. The van der Waals surface area contributed by atoms with E-state index in [1.807, 2.05) is 6.07 Å². The summed E-state index contributed by atoms with van der Waals surface area (Å²) in [5.41, 5.74) is 1.01. The second kappa shape index (κ2) is 4.61. The van der Waals surface area contributed by atoms with Gasteiger partial charge in [-0.05, 0) is 18.6 Å². The largest absolute Gasteiger partial charge is 0.478 e. The molecule has 2 atom stereocenters. The van der Waals surface area contributed by atoms with Gasteiger partial charge in [-0.25, -0.2) is 4.79 Å². The van der Waals surface area contributed by atoms with Gasteiger partial charge in [-0.1, -0.05) is 26.0 Å². The fraction of sp³-hybridized carbons (Fsp3) is 0.500. The summed E-state index contributed by atoms with van der Waals surface area (Å²) < 4.78 is 5.39. The third-order valence-corrected chi connectivity index (χ3v) is 3.95. The quantitative estimate of drug-likeness (QED) is 0.861. The molecule has 4 heteroatoms. The zero-order valence-electron chi connectivity index (χ0n) is 10.9. The number of ether oxygens (including phenoxy) is 1.